The van der Waals surface area contributed by atoms with E-state index in [0.717, 1.165) is 0 Å². The molecular weight excluding hydrogens is 2010 g/mol. The Hall–Kier alpha value is -2.58. The molecular formula is C53H112N2O52S16. The fraction of sp³-hybridized carbons (Fsp3) is 0.962. The third kappa shape index (κ3) is 78.9. The van der Waals surface area contributed by atoms with Crippen molar-refractivity contribution in [3.8, 4) is 0 Å². The van der Waals surface area contributed by atoms with Crippen LogP contribution in [0.2, 0.25) is 0 Å². The topological polar surface area (TPSA) is 865 Å². The molecule has 0 aliphatic heterocycles. The molecule has 0 radical (unpaired) electrons. The molecule has 0 bridgehead atoms. The molecule has 0 fully saturated rings. The lowest BCUT2D eigenvalue weighted by molar-refractivity contribution is -0.177. The van der Waals surface area contributed by atoms with Crippen molar-refractivity contribution in [1.29, 1.82) is 0 Å². The van der Waals surface area contributed by atoms with Gasteiger partial charge in [-0.1, -0.05) is 27.7 Å². The highest BCUT2D eigenvalue weighted by Gasteiger charge is 2.52. The highest BCUT2D eigenvalue weighted by molar-refractivity contribution is 7.90. The fourth-order valence-electron chi connectivity index (χ4n) is 7.52. The lowest BCUT2D eigenvalue weighted by Crippen LogP contribution is -2.50. The largest absolute Gasteiger partial charge is 0.465 e. The van der Waals surface area contributed by atoms with Crippen molar-refractivity contribution in [2.45, 2.75) is 119 Å². The van der Waals surface area contributed by atoms with Gasteiger partial charge in [-0.3, -0.25) is 78.7 Å². The van der Waals surface area contributed by atoms with Crippen molar-refractivity contribution in [2.24, 2.45) is 27.7 Å². The van der Waals surface area contributed by atoms with Crippen molar-refractivity contribution in [3.63, 3.8) is 0 Å². The van der Waals surface area contributed by atoms with Crippen LogP contribution in [0.25, 0.3) is 0 Å². The van der Waals surface area contributed by atoms with Gasteiger partial charge in [0, 0.05) is 5.41 Å². The first-order valence-corrected chi connectivity index (χ1v) is 60.8. The van der Waals surface area contributed by atoms with Gasteiger partial charge in [0.05, 0.1) is 171 Å². The first kappa shape index (κ1) is 127. The van der Waals surface area contributed by atoms with Crippen molar-refractivity contribution < 1.29 is 223 Å². The van der Waals surface area contributed by atoms with Crippen molar-refractivity contribution in [3.05, 3.63) is 0 Å². The second-order valence-electron chi connectivity index (χ2n) is 26.8. The molecule has 0 spiro atoms. The van der Waals surface area contributed by atoms with Crippen molar-refractivity contribution in [2.75, 3.05) is 184 Å². The van der Waals surface area contributed by atoms with E-state index in [-0.39, 0.29) is 97.4 Å². The van der Waals surface area contributed by atoms with Gasteiger partial charge >= 0.3 is 11.9 Å². The van der Waals surface area contributed by atoms with Gasteiger partial charge in [0.1, 0.15) is 0 Å². The zero-order valence-corrected chi connectivity index (χ0v) is 80.4. The first-order chi connectivity index (χ1) is 55.2. The Labute approximate surface area is 721 Å². The summed E-state index contributed by atoms with van der Waals surface area (Å²) in [7, 11) is -67.3. The van der Waals surface area contributed by atoms with Gasteiger partial charge in [0.2, 0.25) is 5.41 Å². The Kier molecular flexibility index (Phi) is 58.7. The smallest absolute Gasteiger partial charge is 0.328 e. The number of carbonyl (C=O) groups is 2. The molecule has 0 aliphatic carbocycles. The number of carbonyl (C=O) groups excluding carboxylic acids is 2. The van der Waals surface area contributed by atoms with Gasteiger partial charge in [-0.15, -0.1) is 0 Å². The van der Waals surface area contributed by atoms with Crippen molar-refractivity contribution >= 4 is 174 Å². The van der Waals surface area contributed by atoms with Crippen LogP contribution < -0.4 is 11.5 Å². The maximum absolute atomic E-state index is 12.6. The molecule has 54 nitrogen and oxygen atoms in total. The maximum atomic E-state index is 12.6. The summed E-state index contributed by atoms with van der Waals surface area (Å²) in [6.45, 7) is 4.30. The van der Waals surface area contributed by atoms with E-state index in [1.807, 2.05) is 0 Å². The monoisotopic (exact) mass is 2120 g/mol. The molecule has 0 heterocycles. The predicted octanol–water partition coefficient (Wildman–Crippen LogP) is -4.50. The standard InChI is InChI=1S/C15H33NO12S4.C15H28O16S4.C14H31NO12S4.C9H20O12S4/c1-15(2,6-7-16)14-28-32(24,25)13-5-12-31(22,23)27-9-3-8-26-30(20,21)11-4-10-29(17,18)19;1-3-28-13(16)15(14(17)29-4-2,11-30-34(24,25)9-5-7-32(18,19)20)12-31-35(26,27)10-6-8-33(21,22)23;1-14(2,12-15)13-27-31(23,24)11-5-10-30(21,22)26-7-3-6-25-29(19,20)9-4-8-28(16,17)18;10-22(11,12)6-2-8-24(16,17)20-4-1-5-21-25(18,19)9-3-7-23(13,14)15/h3-14,16H2,1-2H3,(H,17,18,19);3-12H2,1-2H3,(H,18,19,20)(H,21,22,23);3-13,15H2,1-2H3,(H,16,17,18);1-9H2,(H,10,11,12)(H,13,14,15). The molecule has 0 aromatic heterocycles. The fourth-order valence-corrected chi connectivity index (χ4v) is 22.2. The first-order valence-electron chi connectivity index (χ1n) is 35.3. The average Bonchev–Trinajstić information content (AvgIpc) is 0.794. The van der Waals surface area contributed by atoms with Crippen molar-refractivity contribution in [1.82, 2.24) is 0 Å². The van der Waals surface area contributed by atoms with Crippen LogP contribution in [0.3, 0.4) is 0 Å². The van der Waals surface area contributed by atoms with Gasteiger partial charge in [-0.2, -0.15) is 135 Å². The second-order valence-corrected chi connectivity index (χ2v) is 53.8. The lowest BCUT2D eigenvalue weighted by Gasteiger charge is -2.28. The molecule has 10 N–H and O–H groups in total. The highest BCUT2D eigenvalue weighted by atomic mass is 32.3. The van der Waals surface area contributed by atoms with Crippen LogP contribution in [0.15, 0.2) is 0 Å². The normalized spacial score (nSPS) is 13.8. The summed E-state index contributed by atoms with van der Waals surface area (Å²) in [6.07, 6.45) is -2.93. The minimum atomic E-state index is -4.61. The van der Waals surface area contributed by atoms with Gasteiger partial charge in [-0.05, 0) is 109 Å². The second kappa shape index (κ2) is 57.0. The molecule has 0 amide bonds. The third-order valence-corrected chi connectivity index (χ3v) is 31.5. The molecule has 70 heteroatoms. The van der Waals surface area contributed by atoms with E-state index in [1.165, 1.54) is 13.8 Å². The van der Waals surface area contributed by atoms with E-state index >= 15 is 0 Å². The highest BCUT2D eigenvalue weighted by Crippen LogP contribution is 2.27. The Bertz CT molecular complexity index is 5000. The lowest BCUT2D eigenvalue weighted by atomic mass is 9.90. The minimum Gasteiger partial charge on any atom is -0.465 e. The van der Waals surface area contributed by atoms with Gasteiger partial charge in [-0.25, -0.2) is 0 Å². The zero-order chi connectivity index (χ0) is 96.8. The quantitative estimate of drug-likeness (QED) is 0.00935. The van der Waals surface area contributed by atoms with Crippen LogP contribution in [0.5, 0.6) is 0 Å². The van der Waals surface area contributed by atoms with Crippen LogP contribution in [0.1, 0.15) is 119 Å². The van der Waals surface area contributed by atoms with Crippen LogP contribution in [0.4, 0.5) is 0 Å². The average molecular weight is 2120 g/mol. The summed E-state index contributed by atoms with van der Waals surface area (Å²) in [5.41, 5.74) is 7.17. The van der Waals surface area contributed by atoms with E-state index in [2.05, 4.69) is 33.5 Å². The van der Waals surface area contributed by atoms with Crippen LogP contribution >= 0.6 is 0 Å². The van der Waals surface area contributed by atoms with Gasteiger partial charge in [0.25, 0.3) is 162 Å². The Balaban J connectivity index is -0.000000772. The van der Waals surface area contributed by atoms with E-state index in [1.54, 1.807) is 27.7 Å². The van der Waals surface area contributed by atoms with Gasteiger partial charge in [0.15, 0.2) is 0 Å². The van der Waals surface area contributed by atoms with Crippen LogP contribution in [-0.4, -0.2) is 358 Å². The summed E-state index contributed by atoms with van der Waals surface area (Å²) in [5, 5.41) is 0. The third-order valence-electron chi connectivity index (χ3n) is 13.7. The van der Waals surface area contributed by atoms with E-state index in [4.69, 9.17) is 56.6 Å². The number of ether oxygens (including phenoxy) is 2. The zero-order valence-electron chi connectivity index (χ0n) is 67.3. The molecule has 0 saturated carbocycles. The van der Waals surface area contributed by atoms with Gasteiger partial charge < -0.3 is 20.9 Å². The number of rotatable bonds is 69. The molecule has 0 rings (SSSR count). The molecule has 123 heavy (non-hydrogen) atoms. The number of esters is 2. The molecule has 0 aliphatic rings. The number of hydrogen-bond donors (Lipinski definition) is 8. The summed E-state index contributed by atoms with van der Waals surface area (Å²) in [4.78, 5) is 25.2. The molecule has 0 unspecified atom stereocenters. The van der Waals surface area contributed by atoms with E-state index < -0.39 is 341 Å². The summed E-state index contributed by atoms with van der Waals surface area (Å²) in [6, 6.07) is 0. The van der Waals surface area contributed by atoms with E-state index in [9.17, 15) is 144 Å². The van der Waals surface area contributed by atoms with Crippen LogP contribution in [-0.2, 0) is 223 Å². The SMILES string of the molecule is CC(C)(CCN)COS(=O)(=O)CCCS(=O)(=O)OCCCOS(=O)(=O)CCCS(=O)(=O)O.CC(C)(CN)COS(=O)(=O)CCCS(=O)(=O)OCCCOS(=O)(=O)CCCS(=O)(=O)O.CCOC(=O)C(COS(=O)(=O)CCCS(=O)(=O)O)(COS(=O)(=O)CCCS(=O)(=O)O)C(=O)OCC.O=S(=O)(O)CCCS(=O)(=O)OCCCOS(=O)(=O)CCCS(=O)(=O)O. The summed E-state index contributed by atoms with van der Waals surface area (Å²) < 4.78 is 469. The summed E-state index contributed by atoms with van der Waals surface area (Å²) in [5.74, 6) is -14.4. The Morgan fingerprint density at radius 1 is 0.244 bits per heavy atom. The summed E-state index contributed by atoms with van der Waals surface area (Å²) >= 11 is 0. The molecule has 0 aromatic rings. The van der Waals surface area contributed by atoms with E-state index in [0.29, 0.717) is 13.0 Å². The predicted molar refractivity (Wildman–Crippen MR) is 433 cm³/mol. The number of nitrogens with two attached hydrogens (primary N) is 2. The van der Waals surface area contributed by atoms with Crippen LogP contribution in [0, 0.1) is 16.2 Å². The molecule has 0 saturated heterocycles. The Morgan fingerprint density at radius 2 is 0.407 bits per heavy atom. The number of hydrogen-bond acceptors (Lipinski definition) is 48. The molecule has 0 atom stereocenters. The molecule has 742 valence electrons. The minimum absolute atomic E-state index is 0.0749. The Morgan fingerprint density at radius 3 is 0.569 bits per heavy atom. The maximum Gasteiger partial charge on any atom is 0.328 e. The molecule has 0 aromatic carbocycles.